The van der Waals surface area contributed by atoms with E-state index in [0.717, 1.165) is 10.5 Å². The van der Waals surface area contributed by atoms with E-state index in [-0.39, 0.29) is 11.1 Å². The summed E-state index contributed by atoms with van der Waals surface area (Å²) < 4.78 is 14.7. The predicted octanol–water partition coefficient (Wildman–Crippen LogP) is 5.68. The second kappa shape index (κ2) is 8.70. The fourth-order valence-electron chi connectivity index (χ4n) is 2.54. The highest BCUT2D eigenvalue weighted by atomic mass is 79.9. The highest BCUT2D eigenvalue weighted by molar-refractivity contribution is 9.10. The molecule has 0 radical (unpaired) electrons. The first-order valence-corrected chi connectivity index (χ1v) is 9.51. The molecule has 1 aromatic heterocycles. The summed E-state index contributed by atoms with van der Waals surface area (Å²) >= 11 is 15.4. The Morgan fingerprint density at radius 1 is 1.14 bits per heavy atom. The van der Waals surface area contributed by atoms with Gasteiger partial charge in [0.15, 0.2) is 0 Å². The van der Waals surface area contributed by atoms with E-state index in [4.69, 9.17) is 28.5 Å². The Labute approximate surface area is 179 Å². The molecule has 4 nitrogen and oxygen atoms in total. The van der Waals surface area contributed by atoms with E-state index in [1.165, 1.54) is 12.1 Å². The minimum absolute atomic E-state index is 0.0821. The Kier molecular flexibility index (Phi) is 6.30. The normalized spacial score (nSPS) is 11.5. The monoisotopic (exact) mass is 477 g/mol. The van der Waals surface area contributed by atoms with Crippen molar-refractivity contribution >= 4 is 45.0 Å². The average molecular weight is 479 g/mol. The molecule has 1 amide bonds. The number of hydrogen-bond donors (Lipinski definition) is 1. The number of nitrogens with one attached hydrogen (secondary N) is 1. The molecule has 8 heteroatoms. The van der Waals surface area contributed by atoms with Crippen molar-refractivity contribution in [1.29, 1.82) is 5.26 Å². The molecular formula is C20H11BrCl2FN3O. The molecule has 3 rings (SSSR count). The lowest BCUT2D eigenvalue weighted by Crippen LogP contribution is -2.30. The van der Waals surface area contributed by atoms with Crippen molar-refractivity contribution in [2.24, 2.45) is 0 Å². The Hall–Kier alpha value is -2.46. The number of benzene rings is 2. The number of halogens is 4. The zero-order valence-corrected chi connectivity index (χ0v) is 17.2. The van der Waals surface area contributed by atoms with Crippen LogP contribution >= 0.6 is 39.1 Å². The van der Waals surface area contributed by atoms with Gasteiger partial charge in [-0.05, 0) is 64.0 Å². The molecule has 0 aliphatic carbocycles. The highest BCUT2D eigenvalue weighted by Crippen LogP contribution is 2.29. The first-order valence-electron chi connectivity index (χ1n) is 7.96. The summed E-state index contributed by atoms with van der Waals surface area (Å²) in [4.78, 5) is 17.1. The summed E-state index contributed by atoms with van der Waals surface area (Å²) in [5, 5.41) is 12.4. The quantitative estimate of drug-likeness (QED) is 0.524. The maximum atomic E-state index is 13.9. The Bertz CT molecular complexity index is 1080. The number of nitrogens with zero attached hydrogens (tertiary/aromatic N) is 2. The standard InChI is InChI=1S/C20H11BrCl2FN3O/c21-14-4-6-18(26-10-14)19(11-3-5-15(22)16(23)7-11)27-20(28)12-1-2-13(9-25)17(24)8-12/h1-8,10,19H,(H,27,28)/t19-/m1/s1. The van der Waals surface area contributed by atoms with Crippen LogP contribution in [0.2, 0.25) is 10.0 Å². The van der Waals surface area contributed by atoms with Gasteiger partial charge >= 0.3 is 0 Å². The molecule has 0 unspecified atom stereocenters. The maximum Gasteiger partial charge on any atom is 0.252 e. The van der Waals surface area contributed by atoms with Gasteiger partial charge in [-0.1, -0.05) is 29.3 Å². The van der Waals surface area contributed by atoms with Crippen LogP contribution in [0.4, 0.5) is 4.39 Å². The van der Waals surface area contributed by atoms with E-state index in [9.17, 15) is 9.18 Å². The van der Waals surface area contributed by atoms with Gasteiger partial charge in [-0.25, -0.2) is 4.39 Å². The third-order valence-electron chi connectivity index (χ3n) is 3.95. The molecule has 1 atom stereocenters. The molecule has 0 aliphatic rings. The first kappa shape index (κ1) is 20.3. The van der Waals surface area contributed by atoms with E-state index in [2.05, 4.69) is 26.2 Å². The third kappa shape index (κ3) is 4.50. The molecule has 0 bridgehead atoms. The van der Waals surface area contributed by atoms with Crippen LogP contribution in [-0.2, 0) is 0 Å². The second-order valence-corrected chi connectivity index (χ2v) is 7.52. The molecule has 2 aromatic carbocycles. The molecule has 1 N–H and O–H groups in total. The minimum atomic E-state index is -0.761. The molecule has 28 heavy (non-hydrogen) atoms. The molecule has 1 heterocycles. The van der Waals surface area contributed by atoms with Gasteiger partial charge in [-0.2, -0.15) is 5.26 Å². The number of pyridine rings is 1. The lowest BCUT2D eigenvalue weighted by molar-refractivity contribution is 0.0942. The van der Waals surface area contributed by atoms with Crippen LogP contribution in [0.25, 0.3) is 0 Å². The zero-order chi connectivity index (χ0) is 20.3. The largest absolute Gasteiger partial charge is 0.340 e. The van der Waals surface area contributed by atoms with E-state index < -0.39 is 17.8 Å². The number of carbonyl (C=O) groups excluding carboxylic acids is 1. The first-order chi connectivity index (χ1) is 13.4. The lowest BCUT2D eigenvalue weighted by atomic mass is 10.0. The van der Waals surface area contributed by atoms with Gasteiger partial charge in [-0.3, -0.25) is 9.78 Å². The predicted molar refractivity (Wildman–Crippen MR) is 109 cm³/mol. The summed E-state index contributed by atoms with van der Waals surface area (Å²) in [6, 6.07) is 13.3. The number of carbonyl (C=O) groups is 1. The Morgan fingerprint density at radius 3 is 2.54 bits per heavy atom. The number of nitriles is 1. The SMILES string of the molecule is N#Cc1ccc(C(=O)N[C@H](c2ccc(Cl)c(Cl)c2)c2ccc(Br)cn2)cc1F. The van der Waals surface area contributed by atoms with Gasteiger partial charge in [-0.15, -0.1) is 0 Å². The summed E-state index contributed by atoms with van der Waals surface area (Å²) in [5.41, 5.74) is 1.17. The molecular weight excluding hydrogens is 468 g/mol. The van der Waals surface area contributed by atoms with Crippen LogP contribution in [0.5, 0.6) is 0 Å². The van der Waals surface area contributed by atoms with E-state index in [0.29, 0.717) is 21.3 Å². The van der Waals surface area contributed by atoms with E-state index in [1.54, 1.807) is 42.6 Å². The summed E-state index contributed by atoms with van der Waals surface area (Å²) in [7, 11) is 0. The highest BCUT2D eigenvalue weighted by Gasteiger charge is 2.21. The van der Waals surface area contributed by atoms with Gasteiger partial charge < -0.3 is 5.32 Å². The second-order valence-electron chi connectivity index (χ2n) is 5.79. The number of hydrogen-bond acceptors (Lipinski definition) is 3. The molecule has 0 saturated heterocycles. The summed E-state index contributed by atoms with van der Waals surface area (Å²) in [5.74, 6) is -1.29. The van der Waals surface area contributed by atoms with Crippen molar-refractivity contribution in [3.8, 4) is 6.07 Å². The van der Waals surface area contributed by atoms with Gasteiger partial charge in [0.25, 0.3) is 5.91 Å². The molecule has 140 valence electrons. The van der Waals surface area contributed by atoms with Crippen LogP contribution in [0.15, 0.2) is 59.2 Å². The Morgan fingerprint density at radius 2 is 1.93 bits per heavy atom. The molecule has 3 aromatic rings. The van der Waals surface area contributed by atoms with Crippen molar-refractivity contribution in [2.45, 2.75) is 6.04 Å². The van der Waals surface area contributed by atoms with Crippen LogP contribution < -0.4 is 5.32 Å². The van der Waals surface area contributed by atoms with Crippen molar-refractivity contribution in [3.63, 3.8) is 0 Å². The lowest BCUT2D eigenvalue weighted by Gasteiger charge is -2.20. The zero-order valence-electron chi connectivity index (χ0n) is 14.1. The number of rotatable bonds is 4. The molecule has 0 fully saturated rings. The smallest absolute Gasteiger partial charge is 0.252 e. The van der Waals surface area contributed by atoms with Crippen LogP contribution in [0, 0.1) is 17.1 Å². The Balaban J connectivity index is 1.98. The molecule has 0 spiro atoms. The average Bonchev–Trinajstić information content (AvgIpc) is 2.69. The summed E-state index contributed by atoms with van der Waals surface area (Å²) in [6.45, 7) is 0. The van der Waals surface area contributed by atoms with Crippen molar-refractivity contribution in [2.75, 3.05) is 0 Å². The van der Waals surface area contributed by atoms with Gasteiger partial charge in [0, 0.05) is 16.2 Å². The van der Waals surface area contributed by atoms with Crippen molar-refractivity contribution in [3.05, 3.63) is 97.4 Å². The van der Waals surface area contributed by atoms with Crippen molar-refractivity contribution in [1.82, 2.24) is 10.3 Å². The van der Waals surface area contributed by atoms with Crippen LogP contribution in [0.3, 0.4) is 0 Å². The minimum Gasteiger partial charge on any atom is -0.340 e. The van der Waals surface area contributed by atoms with Crippen LogP contribution in [-0.4, -0.2) is 10.9 Å². The number of aromatic nitrogens is 1. The topological polar surface area (TPSA) is 65.8 Å². The summed E-state index contributed by atoms with van der Waals surface area (Å²) in [6.07, 6.45) is 1.60. The fraction of sp³-hybridized carbons (Fsp3) is 0.0500. The molecule has 0 aliphatic heterocycles. The van der Waals surface area contributed by atoms with Gasteiger partial charge in [0.1, 0.15) is 11.9 Å². The van der Waals surface area contributed by atoms with Gasteiger partial charge in [0.05, 0.1) is 27.3 Å². The maximum absolute atomic E-state index is 13.9. The van der Waals surface area contributed by atoms with Crippen molar-refractivity contribution < 1.29 is 9.18 Å². The van der Waals surface area contributed by atoms with Gasteiger partial charge in [0.2, 0.25) is 0 Å². The van der Waals surface area contributed by atoms with E-state index >= 15 is 0 Å². The number of amides is 1. The molecule has 0 saturated carbocycles. The van der Waals surface area contributed by atoms with E-state index in [1.807, 2.05) is 0 Å². The third-order valence-corrected chi connectivity index (χ3v) is 5.16. The fourth-order valence-corrected chi connectivity index (χ4v) is 3.08. The van der Waals surface area contributed by atoms with Crippen LogP contribution in [0.1, 0.15) is 33.2 Å².